The maximum atomic E-state index is 5.45. The lowest BCUT2D eigenvalue weighted by molar-refractivity contribution is 0.415. The number of hydrogen-bond acceptors (Lipinski definition) is 2. The van der Waals surface area contributed by atoms with Crippen LogP contribution in [-0.2, 0) is 13.0 Å². The molecule has 1 aromatic carbocycles. The van der Waals surface area contributed by atoms with Gasteiger partial charge in [-0.1, -0.05) is 20.8 Å². The minimum Gasteiger partial charge on any atom is -0.497 e. The minimum absolute atomic E-state index is 0. The van der Waals surface area contributed by atoms with Crippen LogP contribution in [0.15, 0.2) is 18.2 Å². The van der Waals surface area contributed by atoms with Crippen LogP contribution in [0.5, 0.6) is 5.75 Å². The van der Waals surface area contributed by atoms with Gasteiger partial charge in [0.15, 0.2) is 0 Å². The second-order valence-electron chi connectivity index (χ2n) is 6.61. The van der Waals surface area contributed by atoms with Gasteiger partial charge in [-0.3, -0.25) is 0 Å². The first-order valence-corrected chi connectivity index (χ1v) is 8.37. The van der Waals surface area contributed by atoms with Crippen LogP contribution in [0, 0.1) is 12.3 Å². The molecule has 0 saturated carbocycles. The van der Waals surface area contributed by atoms with Gasteiger partial charge in [0, 0.05) is 29.2 Å². The number of nitrogens with zero attached hydrogens (tertiary/aromatic N) is 1. The topological polar surface area (TPSA) is 26.2 Å². The Morgan fingerprint density at radius 2 is 2.13 bits per heavy atom. The van der Waals surface area contributed by atoms with Crippen molar-refractivity contribution >= 4 is 23.3 Å². The summed E-state index contributed by atoms with van der Waals surface area (Å²) in [6.45, 7) is 8.84. The van der Waals surface area contributed by atoms with Gasteiger partial charge < -0.3 is 14.6 Å². The summed E-state index contributed by atoms with van der Waals surface area (Å²) in [6.07, 6.45) is 4.72. The zero-order valence-electron chi connectivity index (χ0n) is 14.6. The highest BCUT2D eigenvalue weighted by atomic mass is 35.5. The van der Waals surface area contributed by atoms with Gasteiger partial charge >= 0.3 is 0 Å². The number of rotatable bonds is 6. The Bertz CT molecular complexity index is 663. The van der Waals surface area contributed by atoms with Crippen LogP contribution in [0.25, 0.3) is 10.9 Å². The Morgan fingerprint density at radius 3 is 2.78 bits per heavy atom. The fourth-order valence-electron chi connectivity index (χ4n) is 3.57. The Morgan fingerprint density at radius 1 is 1.35 bits per heavy atom. The summed E-state index contributed by atoms with van der Waals surface area (Å²) in [5.74, 6) is 1.59. The Hall–Kier alpha value is -1.19. The molecule has 1 aromatic heterocycles. The van der Waals surface area contributed by atoms with E-state index in [4.69, 9.17) is 4.74 Å². The number of ether oxygens (including phenoxy) is 1. The average molecular weight is 336 g/mol. The normalized spacial score (nSPS) is 14.8. The van der Waals surface area contributed by atoms with Crippen LogP contribution < -0.4 is 10.1 Å². The summed E-state index contributed by atoms with van der Waals surface area (Å²) < 4.78 is 7.95. The van der Waals surface area contributed by atoms with Crippen LogP contribution in [-0.4, -0.2) is 18.2 Å². The zero-order chi connectivity index (χ0) is 15.7. The van der Waals surface area contributed by atoms with E-state index in [0.717, 1.165) is 18.8 Å². The summed E-state index contributed by atoms with van der Waals surface area (Å²) in [5, 5.41) is 5.06. The van der Waals surface area contributed by atoms with Gasteiger partial charge in [0.05, 0.1) is 7.11 Å². The molecule has 3 rings (SSSR count). The van der Waals surface area contributed by atoms with E-state index < -0.39 is 0 Å². The molecule has 1 atom stereocenters. The highest BCUT2D eigenvalue weighted by Crippen LogP contribution is 2.37. The Balaban J connectivity index is 0.00000192. The highest BCUT2D eigenvalue weighted by Gasteiger charge is 2.25. The van der Waals surface area contributed by atoms with Crippen LogP contribution in [0.1, 0.15) is 44.5 Å². The van der Waals surface area contributed by atoms with Gasteiger partial charge in [-0.15, -0.1) is 12.4 Å². The summed E-state index contributed by atoms with van der Waals surface area (Å²) in [5.41, 5.74) is 4.30. The molecule has 0 bridgehead atoms. The second kappa shape index (κ2) is 7.59. The van der Waals surface area contributed by atoms with Crippen molar-refractivity contribution in [2.75, 3.05) is 13.7 Å². The number of aryl methyl sites for hydroxylation is 1. The van der Waals surface area contributed by atoms with Crippen molar-refractivity contribution in [2.24, 2.45) is 5.92 Å². The number of methoxy groups -OCH3 is 1. The van der Waals surface area contributed by atoms with Crippen LogP contribution in [0.4, 0.5) is 0 Å². The predicted molar refractivity (Wildman–Crippen MR) is 99.6 cm³/mol. The Labute approximate surface area is 145 Å². The third kappa shape index (κ3) is 3.36. The van der Waals surface area contributed by atoms with Crippen molar-refractivity contribution in [2.45, 2.75) is 46.2 Å². The molecule has 3 nitrogen and oxygen atoms in total. The lowest BCUT2D eigenvalue weighted by atomic mass is 9.98. The monoisotopic (exact) mass is 335 g/mol. The zero-order valence-corrected chi connectivity index (χ0v) is 15.4. The Kier molecular flexibility index (Phi) is 5.99. The molecule has 0 spiro atoms. The molecular formula is C19H28ClN2O. The standard InChI is InChI=1S/C19H27N2O.ClH/c1-5-16(20-12-13(2)3)19-15-11-14(22-4)8-9-17(15)21-10-6-7-18(19)21;/h5,8-9,11,13,16,20H,6-7,10,12H2,1-4H3;1H/t16-;/m0./s1. The van der Waals surface area contributed by atoms with Crippen molar-refractivity contribution in [1.29, 1.82) is 0 Å². The molecule has 2 aromatic rings. The SMILES string of the molecule is C[CH][C@H](NCC(C)C)c1c2n(c3ccc(OC)cc13)CCC2.Cl. The summed E-state index contributed by atoms with van der Waals surface area (Å²) in [4.78, 5) is 0. The van der Waals surface area contributed by atoms with Gasteiger partial charge in [0.1, 0.15) is 5.75 Å². The van der Waals surface area contributed by atoms with Crippen molar-refractivity contribution in [3.8, 4) is 5.75 Å². The molecule has 1 radical (unpaired) electrons. The summed E-state index contributed by atoms with van der Waals surface area (Å²) in [6, 6.07) is 6.79. The molecule has 1 aliphatic rings. The van der Waals surface area contributed by atoms with Crippen molar-refractivity contribution in [3.05, 3.63) is 35.9 Å². The molecule has 0 saturated heterocycles. The largest absolute Gasteiger partial charge is 0.497 e. The quantitative estimate of drug-likeness (QED) is 0.839. The maximum absolute atomic E-state index is 5.45. The molecule has 0 unspecified atom stereocenters. The number of benzene rings is 1. The van der Waals surface area contributed by atoms with Crippen LogP contribution >= 0.6 is 12.4 Å². The van der Waals surface area contributed by atoms with Gasteiger partial charge in [0.2, 0.25) is 0 Å². The van der Waals surface area contributed by atoms with E-state index in [1.807, 2.05) is 0 Å². The van der Waals surface area contributed by atoms with E-state index in [1.165, 1.54) is 35.0 Å². The maximum Gasteiger partial charge on any atom is 0.119 e. The molecule has 0 fully saturated rings. The molecule has 23 heavy (non-hydrogen) atoms. The van der Waals surface area contributed by atoms with Crippen molar-refractivity contribution < 1.29 is 4.74 Å². The molecule has 4 heteroatoms. The van der Waals surface area contributed by atoms with E-state index in [-0.39, 0.29) is 12.4 Å². The van der Waals surface area contributed by atoms with E-state index in [1.54, 1.807) is 7.11 Å². The highest BCUT2D eigenvalue weighted by molar-refractivity contribution is 5.88. The fraction of sp³-hybridized carbons (Fsp3) is 0.526. The van der Waals surface area contributed by atoms with Crippen molar-refractivity contribution in [1.82, 2.24) is 9.88 Å². The van der Waals surface area contributed by atoms with Gasteiger partial charge in [0.25, 0.3) is 0 Å². The van der Waals surface area contributed by atoms with Gasteiger partial charge in [-0.2, -0.15) is 0 Å². The van der Waals surface area contributed by atoms with Crippen LogP contribution in [0.2, 0.25) is 0 Å². The number of nitrogens with one attached hydrogen (secondary N) is 1. The predicted octanol–water partition coefficient (Wildman–Crippen LogP) is 4.53. The molecule has 0 amide bonds. The molecular weight excluding hydrogens is 308 g/mol. The summed E-state index contributed by atoms with van der Waals surface area (Å²) in [7, 11) is 1.74. The third-order valence-corrected chi connectivity index (χ3v) is 4.61. The molecule has 1 aliphatic heterocycles. The molecule has 127 valence electrons. The lowest BCUT2D eigenvalue weighted by Crippen LogP contribution is -2.25. The van der Waals surface area contributed by atoms with E-state index in [0.29, 0.717) is 12.0 Å². The fourth-order valence-corrected chi connectivity index (χ4v) is 3.57. The molecule has 0 aliphatic carbocycles. The van der Waals surface area contributed by atoms with E-state index >= 15 is 0 Å². The minimum atomic E-state index is 0. The number of hydrogen-bond donors (Lipinski definition) is 1. The summed E-state index contributed by atoms with van der Waals surface area (Å²) >= 11 is 0. The van der Waals surface area contributed by atoms with E-state index in [2.05, 4.69) is 55.3 Å². The van der Waals surface area contributed by atoms with Crippen molar-refractivity contribution in [3.63, 3.8) is 0 Å². The first-order valence-electron chi connectivity index (χ1n) is 8.37. The van der Waals surface area contributed by atoms with Gasteiger partial charge in [-0.25, -0.2) is 0 Å². The first-order chi connectivity index (χ1) is 10.7. The number of aromatic nitrogens is 1. The second-order valence-corrected chi connectivity index (χ2v) is 6.61. The lowest BCUT2D eigenvalue weighted by Gasteiger charge is -2.19. The van der Waals surface area contributed by atoms with Crippen LogP contribution in [0.3, 0.4) is 0 Å². The number of halogens is 1. The smallest absolute Gasteiger partial charge is 0.119 e. The first kappa shape index (κ1) is 18.2. The number of fused-ring (bicyclic) bond motifs is 3. The third-order valence-electron chi connectivity index (χ3n) is 4.61. The average Bonchev–Trinajstić information content (AvgIpc) is 3.09. The molecule has 2 heterocycles. The van der Waals surface area contributed by atoms with Gasteiger partial charge in [-0.05, 0) is 55.5 Å². The van der Waals surface area contributed by atoms with E-state index in [9.17, 15) is 0 Å². The molecule has 1 N–H and O–H groups in total.